The van der Waals surface area contributed by atoms with E-state index >= 15 is 0 Å². The number of ketones is 1. The minimum absolute atomic E-state index is 0.611. The molecule has 6 heterocycles. The number of nitrogens with one attached hydrogen (secondary N) is 1. The Morgan fingerprint density at radius 2 is 0.817 bits per heavy atom. The summed E-state index contributed by atoms with van der Waals surface area (Å²) in [6.45, 7) is -8.13. The zero-order valence-corrected chi connectivity index (χ0v) is 43.4. The monoisotopic (exact) mass is 1230 g/mol. The van der Waals surface area contributed by atoms with Crippen LogP contribution in [-0.2, 0) is 85.2 Å². The van der Waals surface area contributed by atoms with Gasteiger partial charge in [-0.3, -0.25) is 24.2 Å². The van der Waals surface area contributed by atoms with E-state index in [1.54, 1.807) is 0 Å². The van der Waals surface area contributed by atoms with Crippen LogP contribution in [0.2, 0.25) is 0 Å². The van der Waals surface area contributed by atoms with Crippen molar-refractivity contribution in [2.45, 2.75) is 184 Å². The van der Waals surface area contributed by atoms with E-state index in [4.69, 9.17) is 68.0 Å². The maximum Gasteiger partial charge on any atom is 0.469 e. The number of hydrogen-bond donors (Lipinski definition) is 22. The van der Waals surface area contributed by atoms with Crippen molar-refractivity contribution in [3.63, 3.8) is 0 Å². The Kier molecular flexibility index (Phi) is 25.9. The van der Waals surface area contributed by atoms with E-state index in [0.29, 0.717) is 0 Å². The molecule has 12 unspecified atom stereocenters. The van der Waals surface area contributed by atoms with Gasteiger partial charge < -0.3 is 159 Å². The van der Waals surface area contributed by atoms with Crippen molar-refractivity contribution in [2.24, 2.45) is 5.90 Å². The molecule has 6 aliphatic heterocycles. The molecule has 6 fully saturated rings. The highest BCUT2D eigenvalue weighted by atomic mass is 31.2. The van der Waals surface area contributed by atoms with Gasteiger partial charge in [0.15, 0.2) is 43.5 Å². The molecule has 6 rings (SSSR count). The maximum atomic E-state index is 12.7. The Morgan fingerprint density at radius 1 is 0.427 bits per heavy atom. The van der Waals surface area contributed by atoms with Crippen LogP contribution in [0.3, 0.4) is 0 Å². The van der Waals surface area contributed by atoms with Gasteiger partial charge in [-0.25, -0.2) is 15.3 Å². The van der Waals surface area contributed by atoms with Crippen molar-refractivity contribution in [3.8, 4) is 0 Å². The molecule has 1 amide bonds. The normalized spacial score (nSPS) is 45.9. The molecule has 0 bridgehead atoms. The first-order chi connectivity index (χ1) is 38.7. The van der Waals surface area contributed by atoms with Crippen LogP contribution in [0.5, 0.6) is 0 Å². The van der Waals surface area contributed by atoms with Crippen LogP contribution in [0.25, 0.3) is 0 Å². The van der Waals surface area contributed by atoms with Crippen LogP contribution < -0.4 is 11.2 Å². The molecule has 0 radical (unpaired) electrons. The second kappa shape index (κ2) is 30.7. The molecule has 6 aliphatic rings. The fourth-order valence-corrected chi connectivity index (χ4v) is 9.49. The van der Waals surface area contributed by atoms with E-state index in [1.165, 1.54) is 0 Å². The highest BCUT2D eigenvalue weighted by Gasteiger charge is 2.56. The van der Waals surface area contributed by atoms with Crippen molar-refractivity contribution < 1.29 is 187 Å². The first-order valence-electron chi connectivity index (χ1n) is 24.9. The van der Waals surface area contributed by atoms with Gasteiger partial charge in [-0.05, 0) is 0 Å². The molecule has 0 aromatic rings. The summed E-state index contributed by atoms with van der Waals surface area (Å²) in [5.41, 5.74) is 0. The maximum absolute atomic E-state index is 12.7. The fourth-order valence-electron chi connectivity index (χ4n) is 9.15. The molecule has 0 aromatic heterocycles. The van der Waals surface area contributed by atoms with Crippen molar-refractivity contribution in [2.75, 3.05) is 59.4 Å². The zero-order valence-electron chi connectivity index (χ0n) is 42.5. The third-order valence-corrected chi connectivity index (χ3v) is 14.3. The highest BCUT2D eigenvalue weighted by molar-refractivity contribution is 7.46. The van der Waals surface area contributed by atoms with Crippen LogP contribution in [0.4, 0.5) is 0 Å². The Bertz CT molecular complexity index is 2030. The van der Waals surface area contributed by atoms with Gasteiger partial charge in [0.05, 0.1) is 39.6 Å². The van der Waals surface area contributed by atoms with Crippen LogP contribution in [0, 0.1) is 0 Å². The van der Waals surface area contributed by atoms with E-state index in [0.717, 1.165) is 0 Å². The predicted molar refractivity (Wildman–Crippen MR) is 243 cm³/mol. The molecule has 82 heavy (non-hydrogen) atoms. The van der Waals surface area contributed by atoms with Gasteiger partial charge in [0.1, 0.15) is 166 Å². The lowest BCUT2D eigenvalue weighted by Crippen LogP contribution is -2.67. The largest absolute Gasteiger partial charge is 0.469 e. The van der Waals surface area contributed by atoms with E-state index in [9.17, 15) is 111 Å². The molecule has 478 valence electrons. The summed E-state index contributed by atoms with van der Waals surface area (Å²) < 4.78 is 83.2. The number of amides is 1. The second-order valence-corrected chi connectivity index (χ2v) is 20.7. The molecule has 23 N–H and O–H groups in total. The van der Waals surface area contributed by atoms with Gasteiger partial charge >= 0.3 is 7.82 Å². The standard InChI is InChI=1S/C41H71N2O38P/c42-70-4-10(46)1-43-17(47)9-69-37-32(62)33(79-41-35(28(58)19(49)12(3-45)74-41)81-39-31(61)26(56)22(52)16(78-39)8-72-82(64,65)66)23(53)14(76-37)6-67-36-29(59)24(54)20(50)13(75-36)5-68-40-34(27(57)18(48)11(2-44)73-40)80-38-30(60)25(55)21(51)15(77-38)7-71-63/h11-16,18-41,44-45,48-63H,1-9,42H2,(H,43,47)(H2,64,65,66)/t11?,12?,13?,14?,15?,16?,18-,19-,20-,21-,22-,23-,24+,25+,26+,27+,28+,29?,30?,31?,32?,33+,34?,35?,36+,37-,38+,39-,40+,41+/m1/s1. The van der Waals surface area contributed by atoms with Crippen LogP contribution in [0.1, 0.15) is 0 Å². The minimum Gasteiger partial charge on any atom is -0.394 e. The number of Topliss-reactive ketones (excluding diaryl/α,β-unsaturated/α-hetero) is 1. The van der Waals surface area contributed by atoms with Crippen molar-refractivity contribution in [1.29, 1.82) is 0 Å². The first-order valence-corrected chi connectivity index (χ1v) is 26.4. The third kappa shape index (κ3) is 16.8. The molecule has 40 nitrogen and oxygen atoms in total. The van der Waals surface area contributed by atoms with Gasteiger partial charge in [-0.1, -0.05) is 0 Å². The van der Waals surface area contributed by atoms with Crippen LogP contribution >= 0.6 is 7.82 Å². The van der Waals surface area contributed by atoms with E-state index in [2.05, 4.69) is 19.6 Å². The van der Waals surface area contributed by atoms with Gasteiger partial charge in [0.25, 0.3) is 0 Å². The van der Waals surface area contributed by atoms with Crippen molar-refractivity contribution in [1.82, 2.24) is 5.32 Å². The van der Waals surface area contributed by atoms with E-state index < -0.39 is 263 Å². The topological polar surface area (TPSA) is 632 Å². The summed E-state index contributed by atoms with van der Waals surface area (Å²) in [5.74, 6) is 3.15. The highest BCUT2D eigenvalue weighted by Crippen LogP contribution is 2.39. The average Bonchev–Trinajstić information content (AvgIpc) is 3.44. The Labute approximate surface area is 461 Å². The number of rotatable bonds is 26. The van der Waals surface area contributed by atoms with Gasteiger partial charge in [0, 0.05) is 0 Å². The summed E-state index contributed by atoms with van der Waals surface area (Å²) in [6, 6.07) is 0. The molecule has 0 aliphatic carbocycles. The minimum atomic E-state index is -5.24. The van der Waals surface area contributed by atoms with E-state index in [-0.39, 0.29) is 0 Å². The second-order valence-electron chi connectivity index (χ2n) is 19.5. The first kappa shape index (κ1) is 69.0. The van der Waals surface area contributed by atoms with Gasteiger partial charge in [-0.15, -0.1) is 0 Å². The number of hydrogen-bond acceptors (Lipinski definition) is 37. The number of aliphatic hydroxyl groups excluding tert-OH is 17. The summed E-state index contributed by atoms with van der Waals surface area (Å²) in [6.07, 6.45) is -61.0. The van der Waals surface area contributed by atoms with Crippen LogP contribution in [-0.4, -0.2) is 357 Å². The number of phosphoric acid groups is 1. The lowest BCUT2D eigenvalue weighted by Gasteiger charge is -2.48. The molecular weight excluding hydrogens is 1160 g/mol. The summed E-state index contributed by atoms with van der Waals surface area (Å²) in [4.78, 5) is 51.2. The van der Waals surface area contributed by atoms with Crippen molar-refractivity contribution >= 4 is 19.5 Å². The smallest absolute Gasteiger partial charge is 0.394 e. The zero-order chi connectivity index (χ0) is 60.7. The molecule has 0 saturated carbocycles. The molecular formula is C41H71N2O38P. The molecule has 6 saturated heterocycles. The molecule has 30 atom stereocenters. The molecule has 0 aromatic carbocycles. The number of nitrogens with two attached hydrogens (primary N) is 1. The van der Waals surface area contributed by atoms with Crippen molar-refractivity contribution in [3.05, 3.63) is 0 Å². The Balaban J connectivity index is 1.21. The summed E-state index contributed by atoms with van der Waals surface area (Å²) >= 11 is 0. The third-order valence-electron chi connectivity index (χ3n) is 13.8. The SMILES string of the molecule is NOCC(=O)CNC(=O)CO[C@@H]1OC(CO[C@H]2OC(CO[C@H]3OC(CO)[C@@H](O)[C@H](O)C3O[C@@H]3OC(COO)[C@@H](O)[C@H](O)C3O)[C@@H](O)[C@H](O)C2O)[C@@H](O)[C@H](O[C@@H]2OC(CO)[C@@H](O)[C@H](O)C2O[C@H]2OC(COP(=O)(O)O)[C@@H](O)[C@H](O)C2O)C1O. The Morgan fingerprint density at radius 3 is 1.30 bits per heavy atom. The molecule has 0 spiro atoms. The quantitative estimate of drug-likeness (QED) is 0.0217. The number of carbonyl (C=O) groups excluding carboxylic acids is 2. The van der Waals surface area contributed by atoms with Crippen LogP contribution in [0.15, 0.2) is 0 Å². The van der Waals surface area contributed by atoms with Gasteiger partial charge in [-0.2, -0.15) is 0 Å². The average molecular weight is 1230 g/mol. The molecule has 41 heteroatoms. The number of carbonyl (C=O) groups is 2. The lowest BCUT2D eigenvalue weighted by molar-refractivity contribution is -0.391. The summed E-state index contributed by atoms with van der Waals surface area (Å²) in [5, 5.41) is 194. The number of ether oxygens (including phenoxy) is 12. The number of phosphoric ester groups is 1. The summed E-state index contributed by atoms with van der Waals surface area (Å²) in [7, 11) is -5.24. The predicted octanol–water partition coefficient (Wildman–Crippen LogP) is -14.9. The lowest BCUT2D eigenvalue weighted by atomic mass is 9.96. The Hall–Kier alpha value is -2.07. The number of aliphatic hydroxyl groups is 17. The fraction of sp³-hybridized carbons (Fsp3) is 0.951. The van der Waals surface area contributed by atoms with Gasteiger partial charge in [0.2, 0.25) is 5.91 Å². The van der Waals surface area contributed by atoms with E-state index in [1.807, 2.05) is 0 Å².